The summed E-state index contributed by atoms with van der Waals surface area (Å²) < 4.78 is 5.38. The molecule has 1 atom stereocenters. The quantitative estimate of drug-likeness (QED) is 0.781. The average Bonchev–Trinajstić information content (AvgIpc) is 2.54. The van der Waals surface area contributed by atoms with Crippen LogP contribution in [0.5, 0.6) is 0 Å². The summed E-state index contributed by atoms with van der Waals surface area (Å²) >= 11 is 0. The molecule has 0 aliphatic carbocycles. The maximum atomic E-state index is 12.0. The van der Waals surface area contributed by atoms with Gasteiger partial charge in [-0.2, -0.15) is 0 Å². The zero-order valence-electron chi connectivity index (χ0n) is 13.8. The molecule has 0 radical (unpaired) electrons. The number of anilines is 1. The number of carbonyl (C=O) groups excluding carboxylic acids is 1. The SMILES string of the molecule is CC(CN(C)c1cncc(C(=O)N(C)C)n1)N1CCOCC1. The van der Waals surface area contributed by atoms with Gasteiger partial charge in [0.05, 0.1) is 25.6 Å². The summed E-state index contributed by atoms with van der Waals surface area (Å²) in [5.41, 5.74) is 0.369. The Hall–Kier alpha value is -1.73. The number of ether oxygens (including phenoxy) is 1. The van der Waals surface area contributed by atoms with Crippen molar-refractivity contribution in [1.82, 2.24) is 19.8 Å². The van der Waals surface area contributed by atoms with Gasteiger partial charge in [0.2, 0.25) is 0 Å². The van der Waals surface area contributed by atoms with Crippen LogP contribution in [0.15, 0.2) is 12.4 Å². The Bertz CT molecular complexity index is 502. The van der Waals surface area contributed by atoms with E-state index in [-0.39, 0.29) is 5.91 Å². The number of amides is 1. The zero-order valence-corrected chi connectivity index (χ0v) is 13.8. The number of likely N-dealkylation sites (N-methyl/N-ethyl adjacent to an activating group) is 1. The molecule has 0 bridgehead atoms. The van der Waals surface area contributed by atoms with Crippen LogP contribution in [0, 0.1) is 0 Å². The maximum Gasteiger partial charge on any atom is 0.273 e. The van der Waals surface area contributed by atoms with E-state index in [1.54, 1.807) is 20.3 Å². The Morgan fingerprint density at radius 3 is 2.64 bits per heavy atom. The molecule has 1 aromatic rings. The topological polar surface area (TPSA) is 61.8 Å². The number of carbonyl (C=O) groups is 1. The van der Waals surface area contributed by atoms with Crippen LogP contribution in [0.25, 0.3) is 0 Å². The van der Waals surface area contributed by atoms with Crippen molar-refractivity contribution in [3.8, 4) is 0 Å². The van der Waals surface area contributed by atoms with Gasteiger partial charge >= 0.3 is 0 Å². The van der Waals surface area contributed by atoms with Gasteiger partial charge in [-0.25, -0.2) is 4.98 Å². The minimum Gasteiger partial charge on any atom is -0.379 e. The van der Waals surface area contributed by atoms with Gasteiger partial charge in [0.15, 0.2) is 0 Å². The third-order valence-electron chi connectivity index (χ3n) is 3.85. The molecule has 7 heteroatoms. The molecule has 122 valence electrons. The van der Waals surface area contributed by atoms with E-state index in [0.717, 1.165) is 32.8 Å². The fraction of sp³-hybridized carbons (Fsp3) is 0.667. The highest BCUT2D eigenvalue weighted by molar-refractivity contribution is 5.91. The predicted molar refractivity (Wildman–Crippen MR) is 85.2 cm³/mol. The number of aromatic nitrogens is 2. The highest BCUT2D eigenvalue weighted by Gasteiger charge is 2.19. The largest absolute Gasteiger partial charge is 0.379 e. The lowest BCUT2D eigenvalue weighted by atomic mass is 10.2. The lowest BCUT2D eigenvalue weighted by molar-refractivity contribution is 0.0217. The van der Waals surface area contributed by atoms with Gasteiger partial charge in [0, 0.05) is 46.8 Å². The van der Waals surface area contributed by atoms with Crippen LogP contribution in [-0.2, 0) is 4.74 Å². The first-order valence-electron chi connectivity index (χ1n) is 7.55. The van der Waals surface area contributed by atoms with E-state index >= 15 is 0 Å². The number of rotatable bonds is 5. The van der Waals surface area contributed by atoms with E-state index < -0.39 is 0 Å². The average molecular weight is 307 g/mol. The molecule has 1 amide bonds. The summed E-state index contributed by atoms with van der Waals surface area (Å²) in [5.74, 6) is 0.580. The minimum absolute atomic E-state index is 0.135. The number of hydrogen-bond donors (Lipinski definition) is 0. The smallest absolute Gasteiger partial charge is 0.273 e. The fourth-order valence-electron chi connectivity index (χ4n) is 2.50. The second-order valence-corrected chi connectivity index (χ2v) is 5.84. The molecule has 0 spiro atoms. The van der Waals surface area contributed by atoms with E-state index in [4.69, 9.17) is 4.74 Å². The lowest BCUT2D eigenvalue weighted by Gasteiger charge is -2.34. The van der Waals surface area contributed by atoms with Crippen molar-refractivity contribution in [3.63, 3.8) is 0 Å². The van der Waals surface area contributed by atoms with Gasteiger partial charge in [0.25, 0.3) is 5.91 Å². The maximum absolute atomic E-state index is 12.0. The molecule has 0 N–H and O–H groups in total. The van der Waals surface area contributed by atoms with Crippen molar-refractivity contribution < 1.29 is 9.53 Å². The number of hydrogen-bond acceptors (Lipinski definition) is 6. The molecule has 0 saturated carbocycles. The van der Waals surface area contributed by atoms with Crippen LogP contribution in [0.2, 0.25) is 0 Å². The van der Waals surface area contributed by atoms with Crippen LogP contribution in [0.1, 0.15) is 17.4 Å². The summed E-state index contributed by atoms with van der Waals surface area (Å²) in [6.45, 7) is 6.53. The summed E-state index contributed by atoms with van der Waals surface area (Å²) in [5, 5.41) is 0. The van der Waals surface area contributed by atoms with Crippen LogP contribution >= 0.6 is 0 Å². The third kappa shape index (κ3) is 4.14. The van der Waals surface area contributed by atoms with Gasteiger partial charge in [-0.3, -0.25) is 14.7 Å². The molecule has 1 saturated heterocycles. The predicted octanol–water partition coefficient (Wildman–Crippen LogP) is 0.335. The minimum atomic E-state index is -0.135. The fourth-order valence-corrected chi connectivity index (χ4v) is 2.50. The molecule has 22 heavy (non-hydrogen) atoms. The summed E-state index contributed by atoms with van der Waals surface area (Å²) in [6.07, 6.45) is 3.20. The van der Waals surface area contributed by atoms with Gasteiger partial charge < -0.3 is 14.5 Å². The van der Waals surface area contributed by atoms with Crippen molar-refractivity contribution in [2.24, 2.45) is 0 Å². The van der Waals surface area contributed by atoms with E-state index in [0.29, 0.717) is 17.6 Å². The Balaban J connectivity index is 2.01. The Labute approximate surface area is 131 Å². The van der Waals surface area contributed by atoms with Crippen molar-refractivity contribution in [2.75, 3.05) is 58.9 Å². The van der Waals surface area contributed by atoms with Crippen molar-refractivity contribution in [2.45, 2.75) is 13.0 Å². The third-order valence-corrected chi connectivity index (χ3v) is 3.85. The van der Waals surface area contributed by atoms with E-state index in [1.165, 1.54) is 11.1 Å². The molecule has 1 aromatic heterocycles. The van der Waals surface area contributed by atoms with E-state index in [2.05, 4.69) is 21.8 Å². The van der Waals surface area contributed by atoms with Crippen LogP contribution in [0.3, 0.4) is 0 Å². The number of morpholine rings is 1. The first-order chi connectivity index (χ1) is 10.5. The summed E-state index contributed by atoms with van der Waals surface area (Å²) in [7, 11) is 5.40. The lowest BCUT2D eigenvalue weighted by Crippen LogP contribution is -2.47. The molecule has 1 aliphatic heterocycles. The second-order valence-electron chi connectivity index (χ2n) is 5.84. The van der Waals surface area contributed by atoms with E-state index in [1.807, 2.05) is 11.9 Å². The highest BCUT2D eigenvalue weighted by atomic mass is 16.5. The Morgan fingerprint density at radius 2 is 2.00 bits per heavy atom. The number of nitrogens with zero attached hydrogens (tertiary/aromatic N) is 5. The molecule has 0 aromatic carbocycles. The molecular weight excluding hydrogens is 282 g/mol. The molecule has 1 fully saturated rings. The monoisotopic (exact) mass is 307 g/mol. The normalized spacial score (nSPS) is 17.1. The summed E-state index contributed by atoms with van der Waals surface area (Å²) in [6, 6.07) is 0.393. The van der Waals surface area contributed by atoms with Gasteiger partial charge in [-0.1, -0.05) is 0 Å². The van der Waals surface area contributed by atoms with Crippen molar-refractivity contribution in [3.05, 3.63) is 18.1 Å². The summed E-state index contributed by atoms with van der Waals surface area (Å²) in [4.78, 5) is 26.5. The van der Waals surface area contributed by atoms with Gasteiger partial charge in [-0.15, -0.1) is 0 Å². The van der Waals surface area contributed by atoms with Crippen LogP contribution in [-0.4, -0.2) is 85.7 Å². The molecule has 2 rings (SSSR count). The molecule has 7 nitrogen and oxygen atoms in total. The zero-order chi connectivity index (χ0) is 16.1. The molecule has 1 aliphatic rings. The first kappa shape index (κ1) is 16.6. The Kier molecular flexibility index (Phi) is 5.68. The molecule has 2 heterocycles. The van der Waals surface area contributed by atoms with Crippen LogP contribution < -0.4 is 4.90 Å². The van der Waals surface area contributed by atoms with E-state index in [9.17, 15) is 4.79 Å². The Morgan fingerprint density at radius 1 is 1.32 bits per heavy atom. The molecular formula is C15H25N5O2. The standard InChI is InChI=1S/C15H25N5O2/c1-12(20-5-7-22-8-6-20)11-19(4)14-10-16-9-13(17-14)15(21)18(2)3/h9-10,12H,5-8,11H2,1-4H3. The highest BCUT2D eigenvalue weighted by Crippen LogP contribution is 2.12. The van der Waals surface area contributed by atoms with Crippen molar-refractivity contribution in [1.29, 1.82) is 0 Å². The van der Waals surface area contributed by atoms with Gasteiger partial charge in [-0.05, 0) is 6.92 Å². The second kappa shape index (κ2) is 7.51. The van der Waals surface area contributed by atoms with Gasteiger partial charge in [0.1, 0.15) is 11.5 Å². The molecule has 1 unspecified atom stereocenters. The van der Waals surface area contributed by atoms with Crippen LogP contribution in [0.4, 0.5) is 5.82 Å². The van der Waals surface area contributed by atoms with Crippen molar-refractivity contribution >= 4 is 11.7 Å². The first-order valence-corrected chi connectivity index (χ1v) is 7.55.